The third-order valence-electron chi connectivity index (χ3n) is 3.56. The van der Waals surface area contributed by atoms with Crippen LogP contribution in [0.15, 0.2) is 94.6 Å². The second-order valence-corrected chi connectivity index (χ2v) is 6.52. The first-order chi connectivity index (χ1) is 12.5. The van der Waals surface area contributed by atoms with Gasteiger partial charge in [-0.25, -0.2) is 4.79 Å². The van der Waals surface area contributed by atoms with E-state index in [0.717, 1.165) is 15.5 Å². The summed E-state index contributed by atoms with van der Waals surface area (Å²) in [6.07, 6.45) is 2.42. The summed E-state index contributed by atoms with van der Waals surface area (Å²) in [5.74, 6) is -3.12. The topological polar surface area (TPSA) is 79.5 Å². The lowest BCUT2D eigenvalue weighted by Gasteiger charge is -2.09. The molecule has 3 aromatic rings. The lowest BCUT2D eigenvalue weighted by molar-refractivity contribution is -0.135. The number of nitrogens with zero attached hydrogens (tertiary/aromatic N) is 1. The third kappa shape index (κ3) is 4.04. The third-order valence-corrected chi connectivity index (χ3v) is 4.56. The molecule has 0 saturated carbocycles. The van der Waals surface area contributed by atoms with Crippen LogP contribution in [0.2, 0.25) is 0 Å². The number of hydrogen-bond acceptors (Lipinski definition) is 4. The Morgan fingerprint density at radius 1 is 0.885 bits per heavy atom. The zero-order chi connectivity index (χ0) is 18.5. The molecule has 0 spiro atoms. The van der Waals surface area contributed by atoms with Crippen LogP contribution in [-0.4, -0.2) is 26.5 Å². The summed E-state index contributed by atoms with van der Waals surface area (Å²) in [7, 11) is 0. The molecule has 6 heteroatoms. The molecule has 0 bridgehead atoms. The molecule has 3 rings (SSSR count). The molecule has 0 unspecified atom stereocenters. The van der Waals surface area contributed by atoms with Gasteiger partial charge < -0.3 is 14.8 Å². The minimum Gasteiger partial charge on any atom is -0.502 e. The number of carbonyl (C=O) groups excluding carboxylic acids is 1. The molecule has 26 heavy (non-hydrogen) atoms. The van der Waals surface area contributed by atoms with E-state index in [2.05, 4.69) is 0 Å². The number of allylic oxidation sites excluding steroid dienone is 1. The van der Waals surface area contributed by atoms with Crippen LogP contribution in [0.5, 0.6) is 0 Å². The number of aliphatic hydroxyl groups excluding tert-OH is 1. The number of aliphatic carboxylic acids is 1. The Hall–Kier alpha value is -3.25. The molecule has 0 radical (unpaired) electrons. The Morgan fingerprint density at radius 3 is 2.35 bits per heavy atom. The molecule has 2 N–H and O–H groups in total. The van der Waals surface area contributed by atoms with Gasteiger partial charge in [0.15, 0.2) is 0 Å². The highest BCUT2D eigenvalue weighted by Crippen LogP contribution is 2.29. The largest absolute Gasteiger partial charge is 0.502 e. The fraction of sp³-hybridized carbons (Fsp3) is 0. The molecule has 0 aliphatic rings. The predicted molar refractivity (Wildman–Crippen MR) is 99.0 cm³/mol. The summed E-state index contributed by atoms with van der Waals surface area (Å²) >= 11 is 1.60. The average Bonchev–Trinajstić information content (AvgIpc) is 3.12. The van der Waals surface area contributed by atoms with Crippen molar-refractivity contribution in [2.75, 3.05) is 0 Å². The lowest BCUT2D eigenvalue weighted by Crippen LogP contribution is -2.08. The van der Waals surface area contributed by atoms with Crippen molar-refractivity contribution in [1.29, 1.82) is 0 Å². The number of carbonyl (C=O) groups is 2. The number of ketones is 1. The average molecular weight is 365 g/mol. The number of aliphatic hydroxyl groups is 1. The quantitative estimate of drug-likeness (QED) is 0.386. The van der Waals surface area contributed by atoms with Crippen LogP contribution >= 0.6 is 11.8 Å². The molecule has 0 fully saturated rings. The van der Waals surface area contributed by atoms with Crippen molar-refractivity contribution in [3.63, 3.8) is 0 Å². The number of hydrogen-bond donors (Lipinski definition) is 2. The zero-order valence-corrected chi connectivity index (χ0v) is 14.4. The first kappa shape index (κ1) is 17.6. The predicted octanol–water partition coefficient (Wildman–Crippen LogP) is 4.34. The highest BCUT2D eigenvalue weighted by Gasteiger charge is 2.14. The van der Waals surface area contributed by atoms with Gasteiger partial charge in [-0.3, -0.25) is 4.79 Å². The normalized spacial score (nSPS) is 11.3. The van der Waals surface area contributed by atoms with Gasteiger partial charge in [0, 0.05) is 27.8 Å². The van der Waals surface area contributed by atoms with Crippen molar-refractivity contribution < 1.29 is 19.8 Å². The van der Waals surface area contributed by atoms with Crippen LogP contribution in [0, 0.1) is 0 Å². The number of carboxylic acids is 1. The maximum absolute atomic E-state index is 12.3. The summed E-state index contributed by atoms with van der Waals surface area (Å²) in [5, 5.41) is 18.0. The van der Waals surface area contributed by atoms with Crippen molar-refractivity contribution in [2.45, 2.75) is 9.79 Å². The highest BCUT2D eigenvalue weighted by molar-refractivity contribution is 7.99. The number of benzene rings is 2. The number of aromatic nitrogens is 1. The SMILES string of the molecule is O=C(O)C(O)=CC(=O)c1cccn1-c1cccc(Sc2ccccc2)c1. The summed E-state index contributed by atoms with van der Waals surface area (Å²) < 4.78 is 1.66. The minimum absolute atomic E-state index is 0.264. The van der Waals surface area contributed by atoms with Crippen LogP contribution in [0.4, 0.5) is 0 Å². The molecule has 1 aromatic heterocycles. The van der Waals surface area contributed by atoms with E-state index in [9.17, 15) is 14.7 Å². The summed E-state index contributed by atoms with van der Waals surface area (Å²) in [5.41, 5.74) is 1.03. The molecule has 2 aromatic carbocycles. The van der Waals surface area contributed by atoms with Gasteiger partial charge in [-0.1, -0.05) is 36.0 Å². The van der Waals surface area contributed by atoms with Gasteiger partial charge in [0.05, 0.1) is 5.69 Å². The Balaban J connectivity index is 1.90. The molecule has 0 saturated heterocycles. The Labute approximate surface area is 154 Å². The van der Waals surface area contributed by atoms with Crippen molar-refractivity contribution in [2.24, 2.45) is 0 Å². The Bertz CT molecular complexity index is 976. The standard InChI is InChI=1S/C20H15NO4S/c22-18(13-19(23)20(24)25)17-10-5-11-21(17)14-6-4-9-16(12-14)26-15-7-2-1-3-8-15/h1-13,23H,(H,24,25). The second-order valence-electron chi connectivity index (χ2n) is 5.37. The van der Waals surface area contributed by atoms with Crippen molar-refractivity contribution in [3.8, 4) is 5.69 Å². The van der Waals surface area contributed by atoms with E-state index in [4.69, 9.17) is 5.11 Å². The van der Waals surface area contributed by atoms with Gasteiger partial charge in [-0.05, 0) is 42.5 Å². The van der Waals surface area contributed by atoms with Crippen LogP contribution in [0.1, 0.15) is 10.5 Å². The molecule has 0 aliphatic heterocycles. The number of rotatable bonds is 6. The van der Waals surface area contributed by atoms with Crippen LogP contribution < -0.4 is 0 Å². The van der Waals surface area contributed by atoms with Gasteiger partial charge in [-0.15, -0.1) is 0 Å². The van der Waals surface area contributed by atoms with Gasteiger partial charge in [0.25, 0.3) is 0 Å². The first-order valence-electron chi connectivity index (χ1n) is 7.73. The summed E-state index contributed by atoms with van der Waals surface area (Å²) in [6, 6.07) is 20.8. The maximum atomic E-state index is 12.3. The summed E-state index contributed by atoms with van der Waals surface area (Å²) in [6.45, 7) is 0. The zero-order valence-electron chi connectivity index (χ0n) is 13.6. The van der Waals surface area contributed by atoms with Crippen molar-refractivity contribution >= 4 is 23.5 Å². The molecular weight excluding hydrogens is 350 g/mol. The molecular formula is C20H15NO4S. The van der Waals surface area contributed by atoms with E-state index in [1.54, 1.807) is 34.7 Å². The number of carboxylic acid groups (broad SMARTS) is 1. The van der Waals surface area contributed by atoms with Gasteiger partial charge in [0.2, 0.25) is 11.5 Å². The lowest BCUT2D eigenvalue weighted by atomic mass is 10.2. The van der Waals surface area contributed by atoms with E-state index in [1.165, 1.54) is 0 Å². The van der Waals surface area contributed by atoms with Gasteiger partial charge >= 0.3 is 5.97 Å². The van der Waals surface area contributed by atoms with E-state index in [-0.39, 0.29) is 5.69 Å². The fourth-order valence-corrected chi connectivity index (χ4v) is 3.28. The molecule has 1 heterocycles. The fourth-order valence-electron chi connectivity index (χ4n) is 2.39. The van der Waals surface area contributed by atoms with E-state index in [1.807, 2.05) is 54.6 Å². The summed E-state index contributed by atoms with van der Waals surface area (Å²) in [4.78, 5) is 25.1. The van der Waals surface area contributed by atoms with E-state index >= 15 is 0 Å². The molecule has 0 aliphatic carbocycles. The monoisotopic (exact) mass is 365 g/mol. The van der Waals surface area contributed by atoms with E-state index < -0.39 is 17.5 Å². The van der Waals surface area contributed by atoms with Crippen molar-refractivity contribution in [3.05, 3.63) is 90.5 Å². The maximum Gasteiger partial charge on any atom is 0.371 e. The minimum atomic E-state index is -1.54. The van der Waals surface area contributed by atoms with Crippen LogP contribution in [0.3, 0.4) is 0 Å². The van der Waals surface area contributed by atoms with Gasteiger partial charge in [0.1, 0.15) is 0 Å². The van der Waals surface area contributed by atoms with Crippen molar-refractivity contribution in [1.82, 2.24) is 4.57 Å². The molecule has 130 valence electrons. The molecule has 5 nitrogen and oxygen atoms in total. The van der Waals surface area contributed by atoms with Crippen LogP contribution in [0.25, 0.3) is 5.69 Å². The smallest absolute Gasteiger partial charge is 0.371 e. The Morgan fingerprint density at radius 2 is 1.62 bits per heavy atom. The van der Waals surface area contributed by atoms with Gasteiger partial charge in [-0.2, -0.15) is 0 Å². The van der Waals surface area contributed by atoms with E-state index in [0.29, 0.717) is 6.08 Å². The van der Waals surface area contributed by atoms with Crippen LogP contribution in [-0.2, 0) is 4.79 Å². The first-order valence-corrected chi connectivity index (χ1v) is 8.55. The molecule has 0 atom stereocenters. The second kappa shape index (κ2) is 7.76. The Kier molecular flexibility index (Phi) is 5.24. The molecule has 0 amide bonds. The highest BCUT2D eigenvalue weighted by atomic mass is 32.2.